The lowest BCUT2D eigenvalue weighted by Gasteiger charge is -2.18. The second kappa shape index (κ2) is 5.51. The van der Waals surface area contributed by atoms with Crippen LogP contribution in [0.4, 0.5) is 0 Å². The predicted octanol–water partition coefficient (Wildman–Crippen LogP) is 1.83. The fourth-order valence-corrected chi connectivity index (χ4v) is 1.69. The zero-order valence-electron chi connectivity index (χ0n) is 10.2. The van der Waals surface area contributed by atoms with Crippen molar-refractivity contribution in [3.8, 4) is 0 Å². The van der Waals surface area contributed by atoms with E-state index in [2.05, 4.69) is 5.32 Å². The van der Waals surface area contributed by atoms with Gasteiger partial charge in [0.2, 0.25) is 5.91 Å². The molecule has 0 fully saturated rings. The minimum Gasteiger partial charge on any atom is -0.467 e. The van der Waals surface area contributed by atoms with E-state index in [0.717, 1.165) is 5.56 Å². The Hall–Kier alpha value is -2.07. The minimum atomic E-state index is -0.550. The molecule has 0 radical (unpaired) electrons. The van der Waals surface area contributed by atoms with Crippen molar-refractivity contribution in [2.75, 3.05) is 0 Å². The molecule has 4 heteroatoms. The molecule has 2 aromatic rings. The van der Waals surface area contributed by atoms with Gasteiger partial charge in [-0.25, -0.2) is 0 Å². The van der Waals surface area contributed by atoms with E-state index in [1.807, 2.05) is 36.4 Å². The van der Waals surface area contributed by atoms with E-state index < -0.39 is 6.04 Å². The zero-order chi connectivity index (χ0) is 13.0. The van der Waals surface area contributed by atoms with Crippen molar-refractivity contribution in [1.29, 1.82) is 0 Å². The molecule has 1 aromatic heterocycles. The zero-order valence-corrected chi connectivity index (χ0v) is 10.2. The third-order valence-corrected chi connectivity index (χ3v) is 2.66. The molecule has 94 valence electrons. The number of nitrogens with two attached hydrogens (primary N) is 1. The van der Waals surface area contributed by atoms with Gasteiger partial charge >= 0.3 is 0 Å². The molecule has 2 rings (SSSR count). The molecule has 1 aromatic carbocycles. The molecule has 1 heterocycles. The SMILES string of the molecule is C[C@H](N)C(=O)NC(c1ccccc1)c1ccco1. The number of rotatable bonds is 4. The van der Waals surface area contributed by atoms with Crippen molar-refractivity contribution < 1.29 is 9.21 Å². The van der Waals surface area contributed by atoms with E-state index in [4.69, 9.17) is 10.2 Å². The number of amides is 1. The summed E-state index contributed by atoms with van der Waals surface area (Å²) in [6, 6.07) is 12.4. The second-order valence-electron chi connectivity index (χ2n) is 4.16. The van der Waals surface area contributed by atoms with E-state index in [9.17, 15) is 4.79 Å². The van der Waals surface area contributed by atoms with Gasteiger partial charge in [0.05, 0.1) is 12.3 Å². The standard InChI is InChI=1S/C14H16N2O2/c1-10(15)14(17)16-13(12-8-5-9-18-12)11-6-3-2-4-7-11/h2-10,13H,15H2,1H3,(H,16,17)/t10-,13?/m0/s1. The van der Waals surface area contributed by atoms with E-state index in [1.54, 1.807) is 19.3 Å². The molecule has 0 spiro atoms. The highest BCUT2D eigenvalue weighted by atomic mass is 16.3. The topological polar surface area (TPSA) is 68.3 Å². The van der Waals surface area contributed by atoms with Gasteiger partial charge in [-0.2, -0.15) is 0 Å². The summed E-state index contributed by atoms with van der Waals surface area (Å²) in [6.45, 7) is 1.65. The van der Waals surface area contributed by atoms with Crippen molar-refractivity contribution in [3.05, 3.63) is 60.1 Å². The maximum Gasteiger partial charge on any atom is 0.237 e. The second-order valence-corrected chi connectivity index (χ2v) is 4.16. The van der Waals surface area contributed by atoms with Gasteiger partial charge in [-0.05, 0) is 24.6 Å². The third kappa shape index (κ3) is 2.78. The summed E-state index contributed by atoms with van der Waals surface area (Å²) < 4.78 is 5.38. The molecule has 3 N–H and O–H groups in total. The Morgan fingerprint density at radius 1 is 1.22 bits per heavy atom. The van der Waals surface area contributed by atoms with Crippen LogP contribution in [0.5, 0.6) is 0 Å². The van der Waals surface area contributed by atoms with E-state index in [-0.39, 0.29) is 11.9 Å². The molecule has 1 unspecified atom stereocenters. The molecule has 18 heavy (non-hydrogen) atoms. The Morgan fingerprint density at radius 2 is 1.94 bits per heavy atom. The molecular formula is C14H16N2O2. The summed E-state index contributed by atoms with van der Waals surface area (Å²) in [5.41, 5.74) is 6.53. The van der Waals surface area contributed by atoms with Gasteiger partial charge in [0.15, 0.2) is 0 Å². The van der Waals surface area contributed by atoms with Crippen LogP contribution in [0.15, 0.2) is 53.1 Å². The number of furan rings is 1. The molecular weight excluding hydrogens is 228 g/mol. The van der Waals surface area contributed by atoms with Gasteiger partial charge in [0, 0.05) is 0 Å². The molecule has 2 atom stereocenters. The van der Waals surface area contributed by atoms with Gasteiger partial charge in [0.25, 0.3) is 0 Å². The first-order valence-corrected chi connectivity index (χ1v) is 5.83. The molecule has 0 saturated heterocycles. The Kier molecular flexibility index (Phi) is 3.79. The van der Waals surface area contributed by atoms with Crippen LogP contribution < -0.4 is 11.1 Å². The highest BCUT2D eigenvalue weighted by Crippen LogP contribution is 2.22. The monoisotopic (exact) mass is 244 g/mol. The van der Waals surface area contributed by atoms with Crippen molar-refractivity contribution >= 4 is 5.91 Å². The fourth-order valence-electron chi connectivity index (χ4n) is 1.69. The van der Waals surface area contributed by atoms with Gasteiger partial charge in [0.1, 0.15) is 11.8 Å². The van der Waals surface area contributed by atoms with Gasteiger partial charge < -0.3 is 15.5 Å². The summed E-state index contributed by atoms with van der Waals surface area (Å²) in [5, 5.41) is 2.88. The smallest absolute Gasteiger partial charge is 0.237 e. The van der Waals surface area contributed by atoms with Crippen molar-refractivity contribution in [1.82, 2.24) is 5.32 Å². The van der Waals surface area contributed by atoms with Crippen LogP contribution in [0.3, 0.4) is 0 Å². The summed E-state index contributed by atoms with van der Waals surface area (Å²) in [6.07, 6.45) is 1.59. The predicted molar refractivity (Wildman–Crippen MR) is 68.8 cm³/mol. The van der Waals surface area contributed by atoms with E-state index >= 15 is 0 Å². The molecule has 4 nitrogen and oxygen atoms in total. The fraction of sp³-hybridized carbons (Fsp3) is 0.214. The number of nitrogens with one attached hydrogen (secondary N) is 1. The average Bonchev–Trinajstić information content (AvgIpc) is 2.90. The first-order chi connectivity index (χ1) is 8.68. The summed E-state index contributed by atoms with van der Waals surface area (Å²) in [4.78, 5) is 11.7. The third-order valence-electron chi connectivity index (χ3n) is 2.66. The van der Waals surface area contributed by atoms with Crippen LogP contribution in [0.25, 0.3) is 0 Å². The molecule has 0 bridgehead atoms. The Bertz CT molecular complexity index is 492. The summed E-state index contributed by atoms with van der Waals surface area (Å²) in [7, 11) is 0. The molecule has 0 aliphatic heterocycles. The normalized spacial score (nSPS) is 13.9. The van der Waals surface area contributed by atoms with E-state index in [0.29, 0.717) is 5.76 Å². The van der Waals surface area contributed by atoms with Crippen molar-refractivity contribution in [3.63, 3.8) is 0 Å². The van der Waals surface area contributed by atoms with Gasteiger partial charge in [-0.3, -0.25) is 4.79 Å². The number of hydrogen-bond acceptors (Lipinski definition) is 3. The van der Waals surface area contributed by atoms with Crippen LogP contribution in [-0.4, -0.2) is 11.9 Å². The maximum absolute atomic E-state index is 11.7. The first kappa shape index (κ1) is 12.4. The number of carbonyl (C=O) groups excluding carboxylic acids is 1. The summed E-state index contributed by atoms with van der Waals surface area (Å²) in [5.74, 6) is 0.482. The quantitative estimate of drug-likeness (QED) is 0.862. The van der Waals surface area contributed by atoms with Gasteiger partial charge in [-0.1, -0.05) is 30.3 Å². The minimum absolute atomic E-state index is 0.208. The van der Waals surface area contributed by atoms with Crippen molar-refractivity contribution in [2.45, 2.75) is 19.0 Å². The molecule has 0 aliphatic carbocycles. The molecule has 0 aliphatic rings. The van der Waals surface area contributed by atoms with E-state index in [1.165, 1.54) is 0 Å². The van der Waals surface area contributed by atoms with Gasteiger partial charge in [-0.15, -0.1) is 0 Å². The number of benzene rings is 1. The van der Waals surface area contributed by atoms with Crippen LogP contribution in [-0.2, 0) is 4.79 Å². The Morgan fingerprint density at radius 3 is 2.50 bits per heavy atom. The Balaban J connectivity index is 2.27. The van der Waals surface area contributed by atoms with Crippen LogP contribution in [0, 0.1) is 0 Å². The van der Waals surface area contributed by atoms with Crippen LogP contribution in [0.1, 0.15) is 24.3 Å². The molecule has 1 amide bonds. The number of carbonyl (C=O) groups is 1. The highest BCUT2D eigenvalue weighted by Gasteiger charge is 2.20. The average molecular weight is 244 g/mol. The number of hydrogen-bond donors (Lipinski definition) is 2. The Labute approximate surface area is 106 Å². The highest BCUT2D eigenvalue weighted by molar-refractivity contribution is 5.81. The van der Waals surface area contributed by atoms with Crippen LogP contribution in [0.2, 0.25) is 0 Å². The maximum atomic E-state index is 11.7. The molecule has 0 saturated carbocycles. The van der Waals surface area contributed by atoms with Crippen molar-refractivity contribution in [2.24, 2.45) is 5.73 Å². The lowest BCUT2D eigenvalue weighted by Crippen LogP contribution is -2.40. The first-order valence-electron chi connectivity index (χ1n) is 5.83. The summed E-state index contributed by atoms with van der Waals surface area (Å²) >= 11 is 0. The lowest BCUT2D eigenvalue weighted by atomic mass is 10.0. The largest absolute Gasteiger partial charge is 0.467 e. The lowest BCUT2D eigenvalue weighted by molar-refractivity contribution is -0.122. The van der Waals surface area contributed by atoms with Crippen LogP contribution >= 0.6 is 0 Å².